The molecule has 0 amide bonds. The Morgan fingerprint density at radius 3 is 1.61 bits per heavy atom. The van der Waals surface area contributed by atoms with Crippen LogP contribution >= 0.6 is 0 Å². The minimum atomic E-state index is -0.174. The van der Waals surface area contributed by atoms with Gasteiger partial charge in [-0.2, -0.15) is 10.2 Å². The molecular formula is C18H30N4O. The summed E-state index contributed by atoms with van der Waals surface area (Å²) in [5, 5.41) is 14.1. The average Bonchev–Trinajstić information content (AvgIpc) is 2.56. The minimum Gasteiger partial charge on any atom is -0.299 e. The van der Waals surface area contributed by atoms with E-state index in [1.807, 2.05) is 0 Å². The summed E-state index contributed by atoms with van der Waals surface area (Å²) in [6.45, 7) is 5.84. The Morgan fingerprint density at radius 1 is 0.783 bits per heavy atom. The molecule has 3 rings (SSSR count). The molecule has 2 saturated heterocycles. The van der Waals surface area contributed by atoms with Crippen molar-refractivity contribution in [3.8, 4) is 0 Å². The Hall–Kier alpha value is -1.39. The van der Waals surface area contributed by atoms with Crippen molar-refractivity contribution in [3.05, 3.63) is 0 Å². The lowest BCUT2D eigenvalue weighted by Gasteiger charge is -2.31. The number of hydrogen-bond acceptors (Lipinski definition) is 5. The van der Waals surface area contributed by atoms with Crippen LogP contribution in [0.25, 0.3) is 0 Å². The molecule has 3 fully saturated rings. The first-order chi connectivity index (χ1) is 11.2. The molecular weight excluding hydrogens is 288 g/mol. The largest absolute Gasteiger partial charge is 0.299 e. The number of rotatable bonds is 3. The third-order valence-corrected chi connectivity index (χ3v) is 5.14. The first-order valence-electron chi connectivity index (χ1n) is 9.39. The van der Waals surface area contributed by atoms with E-state index in [1.54, 1.807) is 6.92 Å². The van der Waals surface area contributed by atoms with E-state index < -0.39 is 0 Å². The van der Waals surface area contributed by atoms with Crippen LogP contribution in [-0.2, 0) is 4.79 Å². The van der Waals surface area contributed by atoms with Gasteiger partial charge >= 0.3 is 0 Å². The zero-order valence-electron chi connectivity index (χ0n) is 14.5. The predicted molar refractivity (Wildman–Crippen MR) is 93.7 cm³/mol. The maximum Gasteiger partial charge on any atom is 0.144 e. The topological polar surface area (TPSA) is 48.3 Å². The molecule has 0 radical (unpaired) electrons. The van der Waals surface area contributed by atoms with E-state index in [-0.39, 0.29) is 11.7 Å². The molecule has 128 valence electrons. The van der Waals surface area contributed by atoms with Crippen LogP contribution < -0.4 is 0 Å². The third kappa shape index (κ3) is 4.33. The van der Waals surface area contributed by atoms with E-state index in [4.69, 9.17) is 10.2 Å². The smallest absolute Gasteiger partial charge is 0.144 e. The third-order valence-electron chi connectivity index (χ3n) is 5.14. The van der Waals surface area contributed by atoms with Crippen LogP contribution in [0.1, 0.15) is 64.7 Å². The van der Waals surface area contributed by atoms with Crippen LogP contribution in [0.15, 0.2) is 10.2 Å². The molecule has 23 heavy (non-hydrogen) atoms. The molecule has 0 aromatic rings. The Morgan fingerprint density at radius 2 is 1.22 bits per heavy atom. The lowest BCUT2D eigenvalue weighted by molar-refractivity contribution is -0.117. The number of ketones is 1. The van der Waals surface area contributed by atoms with E-state index in [1.165, 1.54) is 38.5 Å². The number of piperidine rings is 2. The van der Waals surface area contributed by atoms with Gasteiger partial charge in [-0.1, -0.05) is 0 Å². The van der Waals surface area contributed by atoms with Crippen LogP contribution in [-0.4, -0.2) is 53.4 Å². The van der Waals surface area contributed by atoms with Crippen molar-refractivity contribution in [2.24, 2.45) is 16.1 Å². The predicted octanol–water partition coefficient (Wildman–Crippen LogP) is 3.06. The maximum absolute atomic E-state index is 12.3. The zero-order valence-corrected chi connectivity index (χ0v) is 14.5. The molecule has 3 aliphatic rings. The molecule has 0 unspecified atom stereocenters. The lowest BCUT2D eigenvalue weighted by atomic mass is 9.83. The highest BCUT2D eigenvalue weighted by atomic mass is 16.1. The van der Waals surface area contributed by atoms with Crippen molar-refractivity contribution in [2.45, 2.75) is 64.7 Å². The van der Waals surface area contributed by atoms with Crippen molar-refractivity contribution < 1.29 is 4.79 Å². The van der Waals surface area contributed by atoms with E-state index in [2.05, 4.69) is 10.0 Å². The summed E-state index contributed by atoms with van der Waals surface area (Å²) < 4.78 is 0. The van der Waals surface area contributed by atoms with Crippen LogP contribution in [0, 0.1) is 5.92 Å². The highest BCUT2D eigenvalue weighted by Gasteiger charge is 2.32. The zero-order chi connectivity index (χ0) is 16.1. The van der Waals surface area contributed by atoms with Gasteiger partial charge in [0.15, 0.2) is 0 Å². The fraction of sp³-hybridized carbons (Fsp3) is 0.833. The fourth-order valence-corrected chi connectivity index (χ4v) is 3.93. The summed E-state index contributed by atoms with van der Waals surface area (Å²) in [6.07, 6.45) is 10.4. The number of nitrogens with zero attached hydrogens (tertiary/aromatic N) is 4. The van der Waals surface area contributed by atoms with Gasteiger partial charge in [0.1, 0.15) is 5.78 Å². The maximum atomic E-state index is 12.3. The molecule has 0 aromatic carbocycles. The van der Waals surface area contributed by atoms with E-state index in [0.29, 0.717) is 0 Å². The molecule has 1 aliphatic carbocycles. The Balaban J connectivity index is 1.77. The monoisotopic (exact) mass is 318 g/mol. The van der Waals surface area contributed by atoms with Crippen LogP contribution in [0.5, 0.6) is 0 Å². The summed E-state index contributed by atoms with van der Waals surface area (Å²) >= 11 is 0. The molecule has 0 atom stereocenters. The van der Waals surface area contributed by atoms with Gasteiger partial charge in [-0.3, -0.25) is 14.8 Å². The van der Waals surface area contributed by atoms with Crippen molar-refractivity contribution in [1.82, 2.24) is 10.0 Å². The summed E-state index contributed by atoms with van der Waals surface area (Å²) in [7, 11) is 0. The summed E-state index contributed by atoms with van der Waals surface area (Å²) in [5.41, 5.74) is 2.11. The van der Waals surface area contributed by atoms with E-state index >= 15 is 0 Å². The first kappa shape index (κ1) is 16.5. The average molecular weight is 318 g/mol. The van der Waals surface area contributed by atoms with Gasteiger partial charge < -0.3 is 0 Å². The van der Waals surface area contributed by atoms with Gasteiger partial charge in [0.25, 0.3) is 0 Å². The van der Waals surface area contributed by atoms with E-state index in [9.17, 15) is 4.79 Å². The number of hydrogen-bond donors (Lipinski definition) is 0. The van der Waals surface area contributed by atoms with Crippen molar-refractivity contribution in [1.29, 1.82) is 0 Å². The van der Waals surface area contributed by atoms with Crippen molar-refractivity contribution in [3.63, 3.8) is 0 Å². The van der Waals surface area contributed by atoms with Crippen LogP contribution in [0.4, 0.5) is 0 Å². The van der Waals surface area contributed by atoms with Gasteiger partial charge in [0.05, 0.1) is 17.3 Å². The highest BCUT2D eigenvalue weighted by Crippen LogP contribution is 2.24. The van der Waals surface area contributed by atoms with Crippen molar-refractivity contribution in [2.75, 3.05) is 26.2 Å². The molecule has 2 heterocycles. The summed E-state index contributed by atoms with van der Waals surface area (Å²) in [4.78, 5) is 12.3. The lowest BCUT2D eigenvalue weighted by Crippen LogP contribution is -2.39. The highest BCUT2D eigenvalue weighted by molar-refractivity contribution is 6.23. The molecule has 0 aromatic heterocycles. The summed E-state index contributed by atoms with van der Waals surface area (Å²) in [6, 6.07) is 0. The SMILES string of the molecule is CC(=O)C1/C(=N/N2CCCCC2)CCC/C1=N\N1CCCCC1. The first-order valence-corrected chi connectivity index (χ1v) is 9.39. The molecule has 0 N–H and O–H groups in total. The number of carbonyl (C=O) groups is 1. The Labute approximate surface area is 139 Å². The Kier molecular flexibility index (Phi) is 5.68. The number of hydrazone groups is 2. The normalized spacial score (nSPS) is 30.0. The van der Waals surface area contributed by atoms with E-state index in [0.717, 1.165) is 56.9 Å². The van der Waals surface area contributed by atoms with Gasteiger partial charge in [0.2, 0.25) is 0 Å². The number of Topliss-reactive ketones (excluding diaryl/α,β-unsaturated/α-hetero) is 1. The van der Waals surface area contributed by atoms with Gasteiger partial charge in [0, 0.05) is 26.2 Å². The molecule has 0 bridgehead atoms. The second kappa shape index (κ2) is 7.93. The quantitative estimate of drug-likeness (QED) is 0.803. The van der Waals surface area contributed by atoms with Gasteiger partial charge in [-0.15, -0.1) is 0 Å². The molecule has 2 aliphatic heterocycles. The molecule has 0 spiro atoms. The molecule has 1 saturated carbocycles. The van der Waals surface area contributed by atoms with Crippen LogP contribution in [0.3, 0.4) is 0 Å². The fourth-order valence-electron chi connectivity index (χ4n) is 3.93. The molecule has 5 nitrogen and oxygen atoms in total. The van der Waals surface area contributed by atoms with Crippen molar-refractivity contribution >= 4 is 17.2 Å². The Bertz CT molecular complexity index is 437. The van der Waals surface area contributed by atoms with Gasteiger partial charge in [-0.05, 0) is 64.7 Å². The van der Waals surface area contributed by atoms with Crippen LogP contribution in [0.2, 0.25) is 0 Å². The summed E-state index contributed by atoms with van der Waals surface area (Å²) in [5.74, 6) is 0.0313. The second-order valence-electron chi connectivity index (χ2n) is 7.11. The number of carbonyl (C=O) groups excluding carboxylic acids is 1. The standard InChI is InChI=1S/C18H30N4O/c1-15(23)18-16(19-21-11-4-2-5-12-21)9-8-10-17(18)20-22-13-6-3-7-14-22/h18H,2-14H2,1H3/b19-16+,20-17+. The van der Waals surface area contributed by atoms with Gasteiger partial charge in [-0.25, -0.2) is 0 Å². The second-order valence-corrected chi connectivity index (χ2v) is 7.11. The minimum absolute atomic E-state index is 0.174. The molecule has 5 heteroatoms.